The summed E-state index contributed by atoms with van der Waals surface area (Å²) in [5, 5.41) is 14.5. The molecule has 0 spiro atoms. The lowest BCUT2D eigenvalue weighted by atomic mass is 9.95. The van der Waals surface area contributed by atoms with Crippen molar-refractivity contribution in [3.05, 3.63) is 35.9 Å². The molecule has 0 radical (unpaired) electrons. The SMILES string of the molecule is CCOC(=O)C[C@@H](C(=O)OCC)[C@H](NC(=O)CCC(=O)N[C@H](C)c1ccccc1)C(=O)O. The van der Waals surface area contributed by atoms with Gasteiger partial charge in [0.05, 0.1) is 31.6 Å². The molecule has 3 N–H and O–H groups in total. The van der Waals surface area contributed by atoms with E-state index in [4.69, 9.17) is 9.47 Å². The number of amides is 2. The Morgan fingerprint density at radius 1 is 0.906 bits per heavy atom. The predicted octanol–water partition coefficient (Wildman–Crippen LogP) is 1.35. The molecule has 1 aromatic rings. The molecule has 0 saturated carbocycles. The number of hydrogen-bond donors (Lipinski definition) is 3. The normalized spacial score (nSPS) is 13.2. The van der Waals surface area contributed by atoms with Crippen molar-refractivity contribution in [1.29, 1.82) is 0 Å². The molecule has 0 heterocycles. The van der Waals surface area contributed by atoms with Crippen LogP contribution in [0.25, 0.3) is 0 Å². The molecule has 0 unspecified atom stereocenters. The molecule has 32 heavy (non-hydrogen) atoms. The molecule has 3 atom stereocenters. The van der Waals surface area contributed by atoms with Gasteiger partial charge in [0.2, 0.25) is 11.8 Å². The first-order valence-electron chi connectivity index (χ1n) is 10.4. The van der Waals surface area contributed by atoms with Crippen LogP contribution in [0.15, 0.2) is 30.3 Å². The second-order valence-corrected chi connectivity index (χ2v) is 6.95. The van der Waals surface area contributed by atoms with E-state index in [1.165, 1.54) is 6.92 Å². The molecule has 0 aliphatic carbocycles. The molecule has 2 amide bonds. The number of rotatable bonds is 13. The summed E-state index contributed by atoms with van der Waals surface area (Å²) in [6.07, 6.45) is -1.05. The van der Waals surface area contributed by atoms with Gasteiger partial charge in [0.15, 0.2) is 0 Å². The van der Waals surface area contributed by atoms with Crippen LogP contribution >= 0.6 is 0 Å². The number of esters is 2. The second-order valence-electron chi connectivity index (χ2n) is 6.95. The lowest BCUT2D eigenvalue weighted by Crippen LogP contribution is -2.50. The van der Waals surface area contributed by atoms with Crippen LogP contribution in [0.4, 0.5) is 0 Å². The molecule has 10 heteroatoms. The van der Waals surface area contributed by atoms with Crippen molar-refractivity contribution in [2.45, 2.75) is 52.1 Å². The van der Waals surface area contributed by atoms with Crippen molar-refractivity contribution in [2.75, 3.05) is 13.2 Å². The minimum atomic E-state index is -1.71. The van der Waals surface area contributed by atoms with Crippen LogP contribution in [0.1, 0.15) is 51.6 Å². The average Bonchev–Trinajstić information content (AvgIpc) is 2.75. The lowest BCUT2D eigenvalue weighted by molar-refractivity contribution is -0.160. The van der Waals surface area contributed by atoms with Crippen LogP contribution in [0.5, 0.6) is 0 Å². The van der Waals surface area contributed by atoms with Gasteiger partial charge in [-0.2, -0.15) is 0 Å². The molecule has 0 aliphatic rings. The van der Waals surface area contributed by atoms with E-state index < -0.39 is 48.1 Å². The predicted molar refractivity (Wildman–Crippen MR) is 113 cm³/mol. The molecule has 1 rings (SSSR count). The summed E-state index contributed by atoms with van der Waals surface area (Å²) in [5.41, 5.74) is 0.896. The van der Waals surface area contributed by atoms with E-state index in [0.29, 0.717) is 0 Å². The van der Waals surface area contributed by atoms with Crippen LogP contribution in [0.3, 0.4) is 0 Å². The second kappa shape index (κ2) is 13.8. The number of nitrogens with one attached hydrogen (secondary N) is 2. The summed E-state index contributed by atoms with van der Waals surface area (Å²) >= 11 is 0. The Morgan fingerprint density at radius 3 is 2.00 bits per heavy atom. The average molecular weight is 450 g/mol. The highest BCUT2D eigenvalue weighted by atomic mass is 16.5. The number of ether oxygens (including phenoxy) is 2. The maximum absolute atomic E-state index is 12.3. The molecule has 1 aromatic carbocycles. The van der Waals surface area contributed by atoms with Gasteiger partial charge in [0, 0.05) is 12.8 Å². The van der Waals surface area contributed by atoms with Gasteiger partial charge in [-0.3, -0.25) is 19.2 Å². The molecule has 0 aliphatic heterocycles. The monoisotopic (exact) mass is 450 g/mol. The molecule has 0 saturated heterocycles. The maximum Gasteiger partial charge on any atom is 0.327 e. The van der Waals surface area contributed by atoms with Crippen molar-refractivity contribution < 1.29 is 38.6 Å². The van der Waals surface area contributed by atoms with Gasteiger partial charge in [-0.25, -0.2) is 4.79 Å². The highest BCUT2D eigenvalue weighted by molar-refractivity contribution is 5.91. The summed E-state index contributed by atoms with van der Waals surface area (Å²) < 4.78 is 9.64. The molecular formula is C22H30N2O8. The molecular weight excluding hydrogens is 420 g/mol. The lowest BCUT2D eigenvalue weighted by Gasteiger charge is -2.23. The fourth-order valence-electron chi connectivity index (χ4n) is 2.93. The fraction of sp³-hybridized carbons (Fsp3) is 0.500. The van der Waals surface area contributed by atoms with Gasteiger partial charge in [-0.05, 0) is 26.3 Å². The third-order valence-electron chi connectivity index (χ3n) is 4.52. The fourth-order valence-corrected chi connectivity index (χ4v) is 2.93. The number of carbonyl (C=O) groups excluding carboxylic acids is 4. The van der Waals surface area contributed by atoms with Gasteiger partial charge in [0.25, 0.3) is 0 Å². The number of carboxylic acid groups (broad SMARTS) is 1. The first-order valence-corrected chi connectivity index (χ1v) is 10.4. The Bertz CT molecular complexity index is 796. The molecule has 10 nitrogen and oxygen atoms in total. The summed E-state index contributed by atoms with van der Waals surface area (Å²) in [6, 6.07) is 7.27. The van der Waals surface area contributed by atoms with Gasteiger partial charge >= 0.3 is 17.9 Å². The zero-order valence-corrected chi connectivity index (χ0v) is 18.5. The highest BCUT2D eigenvalue weighted by Gasteiger charge is 2.38. The van der Waals surface area contributed by atoms with Crippen LogP contribution < -0.4 is 10.6 Å². The molecule has 0 bridgehead atoms. The smallest absolute Gasteiger partial charge is 0.327 e. The highest BCUT2D eigenvalue weighted by Crippen LogP contribution is 2.15. The summed E-state index contributed by atoms with van der Waals surface area (Å²) in [4.78, 5) is 60.2. The summed E-state index contributed by atoms with van der Waals surface area (Å²) in [5.74, 6) is -5.86. The van der Waals surface area contributed by atoms with Crippen LogP contribution in [0, 0.1) is 5.92 Å². The first-order chi connectivity index (χ1) is 15.2. The van der Waals surface area contributed by atoms with Gasteiger partial charge in [-0.1, -0.05) is 30.3 Å². The van der Waals surface area contributed by atoms with E-state index in [1.807, 2.05) is 30.3 Å². The third kappa shape index (κ3) is 9.15. The Hall–Kier alpha value is -3.43. The van der Waals surface area contributed by atoms with Crippen molar-refractivity contribution in [3.8, 4) is 0 Å². The Balaban J connectivity index is 2.72. The van der Waals surface area contributed by atoms with E-state index in [-0.39, 0.29) is 32.1 Å². The van der Waals surface area contributed by atoms with Crippen molar-refractivity contribution >= 4 is 29.7 Å². The Morgan fingerprint density at radius 2 is 1.47 bits per heavy atom. The number of hydrogen-bond acceptors (Lipinski definition) is 7. The van der Waals surface area contributed by atoms with Crippen molar-refractivity contribution in [1.82, 2.24) is 10.6 Å². The Labute approximate surface area is 186 Å². The van der Waals surface area contributed by atoms with Crippen molar-refractivity contribution in [2.24, 2.45) is 5.92 Å². The molecule has 176 valence electrons. The summed E-state index contributed by atoms with van der Waals surface area (Å²) in [7, 11) is 0. The quantitative estimate of drug-likeness (QED) is 0.381. The van der Waals surface area contributed by atoms with E-state index in [9.17, 15) is 29.1 Å². The molecule has 0 aromatic heterocycles. The van der Waals surface area contributed by atoms with Gasteiger partial charge < -0.3 is 25.2 Å². The minimum Gasteiger partial charge on any atom is -0.480 e. The van der Waals surface area contributed by atoms with Gasteiger partial charge in [0.1, 0.15) is 6.04 Å². The van der Waals surface area contributed by atoms with E-state index in [2.05, 4.69) is 10.6 Å². The van der Waals surface area contributed by atoms with Crippen LogP contribution in [0.2, 0.25) is 0 Å². The zero-order chi connectivity index (χ0) is 24.1. The Kier molecular flexibility index (Phi) is 11.5. The van der Waals surface area contributed by atoms with E-state index in [1.54, 1.807) is 13.8 Å². The standard InChI is InChI=1S/C22H30N2O8/c1-4-31-19(27)13-16(22(30)32-5-2)20(21(28)29)24-18(26)12-11-17(25)23-14(3)15-9-7-6-8-10-15/h6-10,14,16,20H,4-5,11-13H2,1-3H3,(H,23,25)(H,24,26)(H,28,29)/t14-,16-,20+/m1/s1. The number of aliphatic carboxylic acids is 1. The number of carbonyl (C=O) groups is 5. The van der Waals surface area contributed by atoms with Crippen LogP contribution in [-0.2, 0) is 33.4 Å². The minimum absolute atomic E-state index is 0.0295. The maximum atomic E-state index is 12.3. The third-order valence-corrected chi connectivity index (χ3v) is 4.52. The topological polar surface area (TPSA) is 148 Å². The first kappa shape index (κ1) is 26.6. The molecule has 0 fully saturated rings. The van der Waals surface area contributed by atoms with Crippen LogP contribution in [-0.4, -0.2) is 54.1 Å². The summed E-state index contributed by atoms with van der Waals surface area (Å²) in [6.45, 7) is 4.92. The van der Waals surface area contributed by atoms with E-state index in [0.717, 1.165) is 5.56 Å². The zero-order valence-electron chi connectivity index (χ0n) is 18.5. The largest absolute Gasteiger partial charge is 0.480 e. The van der Waals surface area contributed by atoms with Gasteiger partial charge in [-0.15, -0.1) is 0 Å². The number of benzene rings is 1. The van der Waals surface area contributed by atoms with E-state index >= 15 is 0 Å². The van der Waals surface area contributed by atoms with Crippen molar-refractivity contribution in [3.63, 3.8) is 0 Å². The number of carboxylic acids is 1.